The maximum absolute atomic E-state index is 12.8. The van der Waals surface area contributed by atoms with E-state index in [1.807, 2.05) is 40.4 Å². The smallest absolute Gasteiger partial charge is 0.283 e. The maximum Gasteiger partial charge on any atom is 0.283 e. The maximum atomic E-state index is 12.8. The lowest BCUT2D eigenvalue weighted by Gasteiger charge is -2.05. The minimum absolute atomic E-state index is 0.314. The number of halogens is 1. The summed E-state index contributed by atoms with van der Waals surface area (Å²) in [6.07, 6.45) is 3.31. The van der Waals surface area contributed by atoms with Gasteiger partial charge in [-0.1, -0.05) is 29.8 Å². The number of amides is 1. The van der Waals surface area contributed by atoms with Gasteiger partial charge in [0.25, 0.3) is 11.5 Å². The van der Waals surface area contributed by atoms with Crippen LogP contribution >= 0.6 is 22.9 Å². The fraction of sp³-hybridized carbons (Fsp3) is 0.105. The Morgan fingerprint density at radius 3 is 2.86 bits per heavy atom. The van der Waals surface area contributed by atoms with Crippen LogP contribution in [-0.4, -0.2) is 30.5 Å². The second-order valence-electron chi connectivity index (χ2n) is 6.16. The summed E-state index contributed by atoms with van der Waals surface area (Å²) in [6, 6.07) is 10.4. The van der Waals surface area contributed by atoms with Crippen molar-refractivity contribution in [1.82, 2.24) is 24.5 Å². The fourth-order valence-electron chi connectivity index (χ4n) is 2.77. The molecule has 1 amide bonds. The lowest BCUT2D eigenvalue weighted by Crippen LogP contribution is -2.17. The molecule has 4 aromatic rings. The monoisotopic (exact) mass is 426 g/mol. The van der Waals surface area contributed by atoms with Crippen LogP contribution in [0.5, 0.6) is 0 Å². The van der Waals surface area contributed by atoms with Crippen molar-refractivity contribution in [2.24, 2.45) is 4.99 Å². The molecule has 0 radical (unpaired) electrons. The van der Waals surface area contributed by atoms with Crippen LogP contribution in [0.2, 0.25) is 5.02 Å². The molecule has 0 atom stereocenters. The molecule has 8 nitrogen and oxygen atoms in total. The van der Waals surface area contributed by atoms with Crippen LogP contribution in [-0.2, 0) is 6.54 Å². The fourth-order valence-corrected chi connectivity index (χ4v) is 3.69. The van der Waals surface area contributed by atoms with Gasteiger partial charge >= 0.3 is 0 Å². The molecule has 1 N–H and O–H groups in total. The number of hydrogen-bond donors (Lipinski definition) is 1. The first kappa shape index (κ1) is 19.0. The number of nitrogens with one attached hydrogen (secondary N) is 1. The Morgan fingerprint density at radius 2 is 2.10 bits per heavy atom. The highest BCUT2D eigenvalue weighted by atomic mass is 35.5. The summed E-state index contributed by atoms with van der Waals surface area (Å²) < 4.78 is 3.35. The molecule has 1 aromatic carbocycles. The first-order valence-electron chi connectivity index (χ1n) is 8.60. The molecule has 146 valence electrons. The first-order chi connectivity index (χ1) is 14.0. The first-order valence-corrected chi connectivity index (χ1v) is 9.86. The van der Waals surface area contributed by atoms with Gasteiger partial charge in [-0.05, 0) is 24.6 Å². The molecule has 0 unspecified atom stereocenters. The van der Waals surface area contributed by atoms with E-state index in [0.29, 0.717) is 33.4 Å². The zero-order valence-electron chi connectivity index (χ0n) is 15.2. The number of rotatable bonds is 4. The zero-order valence-corrected chi connectivity index (χ0v) is 16.8. The second kappa shape index (κ2) is 7.98. The van der Waals surface area contributed by atoms with Gasteiger partial charge in [0.05, 0.1) is 24.0 Å². The Hall–Kier alpha value is -3.30. The molecule has 3 heterocycles. The predicted octanol–water partition coefficient (Wildman–Crippen LogP) is 2.57. The van der Waals surface area contributed by atoms with Gasteiger partial charge in [0.1, 0.15) is 0 Å². The lowest BCUT2D eigenvalue weighted by molar-refractivity contribution is 0.0997. The molecule has 0 spiro atoms. The third-order valence-electron chi connectivity index (χ3n) is 4.28. The van der Waals surface area contributed by atoms with Crippen molar-refractivity contribution in [1.29, 1.82) is 0 Å². The van der Waals surface area contributed by atoms with E-state index < -0.39 is 5.91 Å². The van der Waals surface area contributed by atoms with Crippen LogP contribution < -0.4 is 10.4 Å². The van der Waals surface area contributed by atoms with Gasteiger partial charge in [0.2, 0.25) is 0 Å². The van der Waals surface area contributed by atoms with Crippen molar-refractivity contribution in [3.05, 3.63) is 91.2 Å². The molecule has 0 aliphatic carbocycles. The van der Waals surface area contributed by atoms with E-state index in [9.17, 15) is 9.59 Å². The number of thiazole rings is 1. The van der Waals surface area contributed by atoms with Gasteiger partial charge in [-0.3, -0.25) is 9.59 Å². The summed E-state index contributed by atoms with van der Waals surface area (Å²) in [7, 11) is 0. The van der Waals surface area contributed by atoms with Crippen LogP contribution in [0.25, 0.3) is 5.82 Å². The molecule has 0 aliphatic rings. The quantitative estimate of drug-likeness (QED) is 0.542. The number of nitrogens with zero attached hydrogens (tertiary/aromatic N) is 5. The molecule has 0 saturated heterocycles. The van der Waals surface area contributed by atoms with Crippen molar-refractivity contribution < 1.29 is 4.79 Å². The van der Waals surface area contributed by atoms with Gasteiger partial charge in [-0.2, -0.15) is 15.2 Å². The molecule has 0 saturated carbocycles. The van der Waals surface area contributed by atoms with E-state index in [1.165, 1.54) is 34.3 Å². The predicted molar refractivity (Wildman–Crippen MR) is 109 cm³/mol. The van der Waals surface area contributed by atoms with Crippen LogP contribution in [0, 0.1) is 6.92 Å². The summed E-state index contributed by atoms with van der Waals surface area (Å²) in [5, 5.41) is 13.0. The van der Waals surface area contributed by atoms with Crippen molar-refractivity contribution in [2.75, 3.05) is 0 Å². The van der Waals surface area contributed by atoms with E-state index >= 15 is 0 Å². The number of H-pyrrole nitrogens is 1. The van der Waals surface area contributed by atoms with E-state index in [2.05, 4.69) is 20.3 Å². The van der Waals surface area contributed by atoms with E-state index in [4.69, 9.17) is 11.6 Å². The summed E-state index contributed by atoms with van der Waals surface area (Å²) in [5.74, 6) is -0.000379. The minimum atomic E-state index is -0.409. The molecule has 0 aliphatic heterocycles. The number of hydrogen-bond acceptors (Lipinski definition) is 5. The third kappa shape index (κ3) is 3.96. The molecular weight excluding hydrogens is 412 g/mol. The largest absolute Gasteiger partial charge is 0.319 e. The second-order valence-corrected chi connectivity index (χ2v) is 7.44. The van der Waals surface area contributed by atoms with Crippen molar-refractivity contribution >= 4 is 28.8 Å². The highest BCUT2D eigenvalue weighted by molar-refractivity contribution is 7.07. The number of carbonyl (C=O) groups excluding carboxylic acids is 1. The Morgan fingerprint density at radius 1 is 1.28 bits per heavy atom. The van der Waals surface area contributed by atoms with E-state index in [1.54, 1.807) is 6.92 Å². The van der Waals surface area contributed by atoms with Crippen molar-refractivity contribution in [3.8, 4) is 5.82 Å². The van der Waals surface area contributed by atoms with Crippen LogP contribution in [0.15, 0.2) is 64.0 Å². The van der Waals surface area contributed by atoms with Gasteiger partial charge in [0, 0.05) is 22.7 Å². The van der Waals surface area contributed by atoms with Gasteiger partial charge in [0.15, 0.2) is 10.6 Å². The van der Waals surface area contributed by atoms with Crippen LogP contribution in [0.3, 0.4) is 0 Å². The molecule has 0 fully saturated rings. The van der Waals surface area contributed by atoms with Gasteiger partial charge in [-0.15, -0.1) is 11.3 Å². The summed E-state index contributed by atoms with van der Waals surface area (Å²) in [6.45, 7) is 2.25. The molecule has 10 heteroatoms. The molecular formula is C19H15ClN6O2S. The van der Waals surface area contributed by atoms with E-state index in [-0.39, 0.29) is 5.56 Å². The number of benzene rings is 1. The number of aromatic amines is 1. The Labute approximate surface area is 173 Å². The van der Waals surface area contributed by atoms with Crippen molar-refractivity contribution in [3.63, 3.8) is 0 Å². The van der Waals surface area contributed by atoms with Crippen molar-refractivity contribution in [2.45, 2.75) is 13.5 Å². The molecule has 0 bridgehead atoms. The third-order valence-corrected chi connectivity index (χ3v) is 5.44. The molecule has 4 rings (SSSR count). The standard InChI is InChI=1S/C19H15ClN6O2S/c1-12-14(10-21-26(12)16-6-7-17(27)24-23-16)18(28)22-19-25(8-9-29-19)11-13-4-2-3-5-15(13)20/h2-10H,11H2,1H3,(H,24,27). The highest BCUT2D eigenvalue weighted by Gasteiger charge is 2.16. The Kier molecular flexibility index (Phi) is 5.24. The summed E-state index contributed by atoms with van der Waals surface area (Å²) in [5.41, 5.74) is 1.56. The van der Waals surface area contributed by atoms with Crippen LogP contribution in [0.4, 0.5) is 0 Å². The van der Waals surface area contributed by atoms with Crippen LogP contribution in [0.1, 0.15) is 21.6 Å². The minimum Gasteiger partial charge on any atom is -0.319 e. The average molecular weight is 427 g/mol. The Bertz CT molecular complexity index is 1300. The van der Waals surface area contributed by atoms with Gasteiger partial charge < -0.3 is 4.57 Å². The lowest BCUT2D eigenvalue weighted by atomic mass is 10.2. The number of carbonyl (C=O) groups is 1. The molecule has 29 heavy (non-hydrogen) atoms. The summed E-state index contributed by atoms with van der Waals surface area (Å²) >= 11 is 7.60. The topological polar surface area (TPSA) is 97.9 Å². The summed E-state index contributed by atoms with van der Waals surface area (Å²) in [4.78, 5) is 28.8. The number of aromatic nitrogens is 5. The highest BCUT2D eigenvalue weighted by Crippen LogP contribution is 2.16. The van der Waals surface area contributed by atoms with E-state index in [0.717, 1.165) is 5.56 Å². The average Bonchev–Trinajstić information content (AvgIpc) is 3.31. The Balaban J connectivity index is 1.65. The molecule has 3 aromatic heterocycles. The SMILES string of the molecule is Cc1c(C(=O)N=c2sccn2Cc2ccccc2Cl)cnn1-c1ccc(=O)[nH]n1. The van der Waals surface area contributed by atoms with Gasteiger partial charge in [-0.25, -0.2) is 9.78 Å². The normalized spacial score (nSPS) is 11.7. The zero-order chi connectivity index (χ0) is 20.4.